The summed E-state index contributed by atoms with van der Waals surface area (Å²) >= 11 is 6.16. The molecule has 8 heteroatoms. The number of methoxy groups -OCH3 is 1. The maximum atomic E-state index is 9.19. The fourth-order valence-corrected chi connectivity index (χ4v) is 2.86. The van der Waals surface area contributed by atoms with Gasteiger partial charge in [-0.05, 0) is 35.7 Å². The third-order valence-corrected chi connectivity index (χ3v) is 4.17. The smallest absolute Gasteiger partial charge is 0.156 e. The van der Waals surface area contributed by atoms with Gasteiger partial charge in [-0.15, -0.1) is 22.6 Å². The zero-order valence-electron chi connectivity index (χ0n) is 14.9. The van der Waals surface area contributed by atoms with Crippen molar-refractivity contribution in [3.8, 4) is 23.7 Å². The van der Waals surface area contributed by atoms with E-state index in [2.05, 4.69) is 33.4 Å². The van der Waals surface area contributed by atoms with Crippen molar-refractivity contribution in [3.05, 3.63) is 58.2 Å². The van der Waals surface area contributed by atoms with E-state index in [1.54, 1.807) is 31.4 Å². The molecular formula is C20H16Cl2N4O2. The Morgan fingerprint density at radius 1 is 1.18 bits per heavy atom. The van der Waals surface area contributed by atoms with Crippen LogP contribution in [0.3, 0.4) is 0 Å². The molecule has 0 spiro atoms. The van der Waals surface area contributed by atoms with E-state index in [-0.39, 0.29) is 19.0 Å². The number of nitrogens with zero attached hydrogens (tertiary/aromatic N) is 3. The van der Waals surface area contributed by atoms with Gasteiger partial charge in [0, 0.05) is 17.3 Å². The number of rotatable bonds is 4. The van der Waals surface area contributed by atoms with Crippen molar-refractivity contribution in [3.63, 3.8) is 0 Å². The molecule has 0 saturated carbocycles. The lowest BCUT2D eigenvalue weighted by Crippen LogP contribution is -2.05. The summed E-state index contributed by atoms with van der Waals surface area (Å²) in [7, 11) is 1.56. The largest absolute Gasteiger partial charge is 0.495 e. The van der Waals surface area contributed by atoms with Gasteiger partial charge in [0.2, 0.25) is 0 Å². The van der Waals surface area contributed by atoms with Gasteiger partial charge in [0.05, 0.1) is 23.8 Å². The van der Waals surface area contributed by atoms with Gasteiger partial charge in [0.1, 0.15) is 18.1 Å². The summed E-state index contributed by atoms with van der Waals surface area (Å²) in [6, 6.07) is 12.8. The molecule has 0 aliphatic rings. The first-order valence-corrected chi connectivity index (χ1v) is 8.40. The minimum Gasteiger partial charge on any atom is -0.495 e. The summed E-state index contributed by atoms with van der Waals surface area (Å²) in [4.78, 5) is 0. The van der Waals surface area contributed by atoms with Crippen LogP contribution in [-0.4, -0.2) is 29.0 Å². The number of aliphatic hydroxyl groups excluding tert-OH is 1. The van der Waals surface area contributed by atoms with Crippen LogP contribution in [0, 0.1) is 23.2 Å². The lowest BCUT2D eigenvalue weighted by Gasteiger charge is -2.11. The third-order valence-electron chi connectivity index (χ3n) is 3.87. The SMILES string of the molecule is COc1ccc(CNc2nnc(C#CCO)c3ccc(C#N)cc23)cc1Cl.Cl. The molecule has 0 fully saturated rings. The molecule has 142 valence electrons. The standard InChI is InChI=1S/C20H15ClN4O2.ClH/c1-27-19-7-5-14(10-17(19)21)12-23-20-16-9-13(11-22)4-6-15(16)18(24-25-20)3-2-8-26;/h4-7,9-10,26H,8,12H2,1H3,(H,23,25);1H. The Balaban J connectivity index is 0.00000280. The number of halogens is 2. The minimum atomic E-state index is -0.266. The van der Waals surface area contributed by atoms with Crippen LogP contribution in [0.1, 0.15) is 16.8 Å². The fraction of sp³-hybridized carbons (Fsp3) is 0.150. The Morgan fingerprint density at radius 3 is 2.68 bits per heavy atom. The van der Waals surface area contributed by atoms with Crippen molar-refractivity contribution in [2.75, 3.05) is 19.0 Å². The van der Waals surface area contributed by atoms with Gasteiger partial charge in [0.15, 0.2) is 5.82 Å². The van der Waals surface area contributed by atoms with Crippen LogP contribution >= 0.6 is 24.0 Å². The van der Waals surface area contributed by atoms with Crippen LogP contribution < -0.4 is 10.1 Å². The molecule has 3 aromatic rings. The molecule has 1 heterocycles. The van der Waals surface area contributed by atoms with E-state index in [1.165, 1.54) is 0 Å². The Labute approximate surface area is 173 Å². The lowest BCUT2D eigenvalue weighted by atomic mass is 10.1. The van der Waals surface area contributed by atoms with Crippen molar-refractivity contribution < 1.29 is 9.84 Å². The van der Waals surface area contributed by atoms with Crippen molar-refractivity contribution in [1.82, 2.24) is 10.2 Å². The van der Waals surface area contributed by atoms with Crippen molar-refractivity contribution >= 4 is 40.6 Å². The van der Waals surface area contributed by atoms with Crippen molar-refractivity contribution in [2.45, 2.75) is 6.54 Å². The topological polar surface area (TPSA) is 91.1 Å². The number of hydrogen-bond donors (Lipinski definition) is 2. The maximum absolute atomic E-state index is 9.19. The van der Waals surface area contributed by atoms with Crippen LogP contribution in [0.4, 0.5) is 5.82 Å². The van der Waals surface area contributed by atoms with Gasteiger partial charge in [-0.2, -0.15) is 5.26 Å². The average Bonchev–Trinajstić information content (AvgIpc) is 2.70. The second-order valence-corrected chi connectivity index (χ2v) is 5.96. The van der Waals surface area contributed by atoms with E-state index >= 15 is 0 Å². The second kappa shape index (κ2) is 9.77. The monoisotopic (exact) mass is 414 g/mol. The molecule has 0 radical (unpaired) electrons. The summed E-state index contributed by atoms with van der Waals surface area (Å²) in [5.41, 5.74) is 1.89. The molecule has 0 atom stereocenters. The molecule has 3 rings (SSSR count). The van der Waals surface area contributed by atoms with Crippen LogP contribution in [0.5, 0.6) is 5.75 Å². The maximum Gasteiger partial charge on any atom is 0.156 e. The highest BCUT2D eigenvalue weighted by Gasteiger charge is 2.10. The van der Waals surface area contributed by atoms with E-state index in [0.717, 1.165) is 16.3 Å². The molecule has 2 aromatic carbocycles. The number of aromatic nitrogens is 2. The van der Waals surface area contributed by atoms with E-state index in [1.807, 2.05) is 12.1 Å². The number of fused-ring (bicyclic) bond motifs is 1. The molecule has 2 N–H and O–H groups in total. The van der Waals surface area contributed by atoms with Crippen LogP contribution in [0.15, 0.2) is 36.4 Å². The summed E-state index contributed by atoms with van der Waals surface area (Å²) in [5.74, 6) is 6.49. The van der Waals surface area contributed by atoms with Gasteiger partial charge >= 0.3 is 0 Å². The normalized spacial score (nSPS) is 9.64. The van der Waals surface area contributed by atoms with Gasteiger partial charge in [0.25, 0.3) is 0 Å². The summed E-state index contributed by atoms with van der Waals surface area (Å²) in [6.07, 6.45) is 0. The summed E-state index contributed by atoms with van der Waals surface area (Å²) < 4.78 is 5.16. The van der Waals surface area contributed by atoms with Gasteiger partial charge in [-0.3, -0.25) is 0 Å². The minimum absolute atomic E-state index is 0. The molecule has 0 amide bonds. The molecule has 0 aliphatic heterocycles. The Morgan fingerprint density at radius 2 is 2.00 bits per heavy atom. The average molecular weight is 415 g/mol. The number of anilines is 1. The number of nitrogens with one attached hydrogen (secondary N) is 1. The number of hydrogen-bond acceptors (Lipinski definition) is 6. The summed E-state index contributed by atoms with van der Waals surface area (Å²) in [6.45, 7) is 0.198. The molecule has 28 heavy (non-hydrogen) atoms. The molecule has 0 bridgehead atoms. The predicted octanol–water partition coefficient (Wildman–Crippen LogP) is 3.54. The Kier molecular flexibility index (Phi) is 7.43. The van der Waals surface area contributed by atoms with Crippen molar-refractivity contribution in [1.29, 1.82) is 5.26 Å². The van der Waals surface area contributed by atoms with E-state index < -0.39 is 0 Å². The summed E-state index contributed by atoms with van der Waals surface area (Å²) in [5, 5.41) is 31.7. The molecule has 0 unspecified atom stereocenters. The first kappa shape index (κ1) is 21.3. The molecule has 1 aromatic heterocycles. The second-order valence-electron chi connectivity index (χ2n) is 5.55. The number of benzene rings is 2. The van der Waals surface area contributed by atoms with Crippen LogP contribution in [-0.2, 0) is 6.54 Å². The Bertz CT molecular complexity index is 1100. The first-order valence-electron chi connectivity index (χ1n) is 8.03. The predicted molar refractivity (Wildman–Crippen MR) is 111 cm³/mol. The highest BCUT2D eigenvalue weighted by Crippen LogP contribution is 2.27. The lowest BCUT2D eigenvalue weighted by molar-refractivity contribution is 0.350. The molecule has 0 saturated heterocycles. The number of aliphatic hydroxyl groups is 1. The fourth-order valence-electron chi connectivity index (χ4n) is 2.58. The number of ether oxygens (including phenoxy) is 1. The van der Waals surface area contributed by atoms with Crippen molar-refractivity contribution in [2.24, 2.45) is 0 Å². The first-order chi connectivity index (χ1) is 13.2. The zero-order valence-corrected chi connectivity index (χ0v) is 16.4. The quantitative estimate of drug-likeness (QED) is 0.634. The van der Waals surface area contributed by atoms with Crippen LogP contribution in [0.25, 0.3) is 10.8 Å². The molecular weight excluding hydrogens is 399 g/mol. The van der Waals surface area contributed by atoms with Gasteiger partial charge < -0.3 is 15.2 Å². The Hall–Kier alpha value is -3.03. The third kappa shape index (κ3) is 4.62. The van der Waals surface area contributed by atoms with Gasteiger partial charge in [-0.25, -0.2) is 0 Å². The van der Waals surface area contributed by atoms with E-state index in [0.29, 0.717) is 34.4 Å². The zero-order chi connectivity index (χ0) is 19.2. The number of nitriles is 1. The highest BCUT2D eigenvalue weighted by atomic mass is 35.5. The van der Waals surface area contributed by atoms with E-state index in [9.17, 15) is 5.26 Å². The van der Waals surface area contributed by atoms with Gasteiger partial charge in [-0.1, -0.05) is 29.7 Å². The molecule has 0 aliphatic carbocycles. The van der Waals surface area contributed by atoms with Crippen LogP contribution in [0.2, 0.25) is 5.02 Å². The molecule has 6 nitrogen and oxygen atoms in total. The van der Waals surface area contributed by atoms with E-state index in [4.69, 9.17) is 21.4 Å². The highest BCUT2D eigenvalue weighted by molar-refractivity contribution is 6.32.